The summed E-state index contributed by atoms with van der Waals surface area (Å²) in [5.41, 5.74) is 9.61. The van der Waals surface area contributed by atoms with E-state index in [9.17, 15) is 9.59 Å². The lowest BCUT2D eigenvalue weighted by Crippen LogP contribution is -2.38. The lowest BCUT2D eigenvalue weighted by Gasteiger charge is -2.28. The molecule has 0 unspecified atom stereocenters. The first-order valence-electron chi connectivity index (χ1n) is 11.7. The molecule has 0 aliphatic heterocycles. The van der Waals surface area contributed by atoms with Crippen molar-refractivity contribution < 1.29 is 19.4 Å². The summed E-state index contributed by atoms with van der Waals surface area (Å²) in [4.78, 5) is 25.3. The van der Waals surface area contributed by atoms with Gasteiger partial charge in [-0.3, -0.25) is 4.79 Å². The van der Waals surface area contributed by atoms with Gasteiger partial charge in [0.05, 0.1) is 0 Å². The van der Waals surface area contributed by atoms with Crippen LogP contribution >= 0.6 is 0 Å². The SMILES string of the molecule is CCCCc1ccc(-c2ccc(CN(CCC[C@H](N)C(=O)O)C(=O)OC(C)(C)C)cc2)cc1. The van der Waals surface area contributed by atoms with Gasteiger partial charge in [-0.15, -0.1) is 0 Å². The number of carboxylic acids is 1. The van der Waals surface area contributed by atoms with E-state index in [1.165, 1.54) is 18.4 Å². The van der Waals surface area contributed by atoms with Crippen molar-refractivity contribution in [2.45, 2.75) is 78.0 Å². The molecule has 6 heteroatoms. The van der Waals surface area contributed by atoms with Crippen molar-refractivity contribution in [2.24, 2.45) is 5.73 Å². The molecule has 0 aromatic heterocycles. The van der Waals surface area contributed by atoms with Gasteiger partial charge in [0.2, 0.25) is 0 Å². The number of hydrogen-bond donors (Lipinski definition) is 2. The molecule has 0 fully saturated rings. The summed E-state index contributed by atoms with van der Waals surface area (Å²) in [6.07, 6.45) is 3.85. The number of ether oxygens (including phenoxy) is 1. The Morgan fingerprint density at radius 2 is 1.52 bits per heavy atom. The smallest absolute Gasteiger partial charge is 0.410 e. The van der Waals surface area contributed by atoms with Gasteiger partial charge in [-0.2, -0.15) is 0 Å². The number of nitrogens with zero attached hydrogens (tertiary/aromatic N) is 1. The zero-order chi connectivity index (χ0) is 24.4. The maximum Gasteiger partial charge on any atom is 0.410 e. The zero-order valence-corrected chi connectivity index (χ0v) is 20.3. The minimum Gasteiger partial charge on any atom is -0.480 e. The number of carbonyl (C=O) groups is 2. The molecule has 33 heavy (non-hydrogen) atoms. The molecule has 0 bridgehead atoms. The fraction of sp³-hybridized carbons (Fsp3) is 0.481. The summed E-state index contributed by atoms with van der Waals surface area (Å²) in [6, 6.07) is 15.9. The monoisotopic (exact) mass is 454 g/mol. The Balaban J connectivity index is 2.06. The van der Waals surface area contributed by atoms with Gasteiger partial charge in [-0.25, -0.2) is 4.79 Å². The minimum absolute atomic E-state index is 0.293. The highest BCUT2D eigenvalue weighted by atomic mass is 16.6. The molecule has 1 amide bonds. The molecule has 2 aromatic carbocycles. The molecule has 0 aliphatic carbocycles. The lowest BCUT2D eigenvalue weighted by molar-refractivity contribution is -0.138. The summed E-state index contributed by atoms with van der Waals surface area (Å²) in [6.45, 7) is 8.43. The first-order valence-corrected chi connectivity index (χ1v) is 11.7. The van der Waals surface area contributed by atoms with Crippen LogP contribution in [0.1, 0.15) is 64.5 Å². The second kappa shape index (κ2) is 12.4. The van der Waals surface area contributed by atoms with Crippen LogP contribution in [0.3, 0.4) is 0 Å². The van der Waals surface area contributed by atoms with E-state index >= 15 is 0 Å². The Bertz CT molecular complexity index is 886. The molecule has 3 N–H and O–H groups in total. The van der Waals surface area contributed by atoms with Crippen LogP contribution in [0.15, 0.2) is 48.5 Å². The second-order valence-corrected chi connectivity index (χ2v) is 9.49. The minimum atomic E-state index is -1.03. The summed E-state index contributed by atoms with van der Waals surface area (Å²) >= 11 is 0. The van der Waals surface area contributed by atoms with Gasteiger partial charge in [0.25, 0.3) is 0 Å². The zero-order valence-electron chi connectivity index (χ0n) is 20.3. The first-order chi connectivity index (χ1) is 15.6. The average molecular weight is 455 g/mol. The molecule has 0 heterocycles. The maximum atomic E-state index is 12.7. The average Bonchev–Trinajstić information content (AvgIpc) is 2.76. The number of hydrogen-bond acceptors (Lipinski definition) is 4. The van der Waals surface area contributed by atoms with Crippen LogP contribution in [-0.2, 0) is 22.5 Å². The van der Waals surface area contributed by atoms with Crippen molar-refractivity contribution in [3.05, 3.63) is 59.7 Å². The molecular weight excluding hydrogens is 416 g/mol. The van der Waals surface area contributed by atoms with Crippen molar-refractivity contribution in [2.75, 3.05) is 6.54 Å². The van der Waals surface area contributed by atoms with Gasteiger partial charge in [0, 0.05) is 13.1 Å². The molecule has 2 aromatic rings. The highest BCUT2D eigenvalue weighted by molar-refractivity contribution is 5.73. The van der Waals surface area contributed by atoms with E-state index in [2.05, 4.69) is 43.3 Å². The molecule has 0 saturated heterocycles. The van der Waals surface area contributed by atoms with E-state index in [0.717, 1.165) is 23.1 Å². The number of aryl methyl sites for hydroxylation is 1. The molecule has 180 valence electrons. The molecule has 2 rings (SSSR count). The fourth-order valence-electron chi connectivity index (χ4n) is 3.45. The topological polar surface area (TPSA) is 92.9 Å². The molecule has 0 saturated carbocycles. The van der Waals surface area contributed by atoms with Crippen LogP contribution in [0.4, 0.5) is 4.79 Å². The van der Waals surface area contributed by atoms with Crippen LogP contribution < -0.4 is 5.73 Å². The molecule has 6 nitrogen and oxygen atoms in total. The molecular formula is C27H38N2O4. The summed E-state index contributed by atoms with van der Waals surface area (Å²) in [5, 5.41) is 8.99. The Morgan fingerprint density at radius 3 is 2.00 bits per heavy atom. The molecule has 0 radical (unpaired) electrons. The number of carboxylic acid groups (broad SMARTS) is 1. The second-order valence-electron chi connectivity index (χ2n) is 9.49. The normalized spacial score (nSPS) is 12.3. The van der Waals surface area contributed by atoms with Gasteiger partial charge < -0.3 is 20.5 Å². The van der Waals surface area contributed by atoms with Gasteiger partial charge in [-0.05, 0) is 68.7 Å². The highest BCUT2D eigenvalue weighted by Crippen LogP contribution is 2.22. The number of nitrogens with two attached hydrogens (primary N) is 1. The molecule has 0 aliphatic rings. The van der Waals surface area contributed by atoms with Gasteiger partial charge >= 0.3 is 12.1 Å². The number of benzene rings is 2. The number of aliphatic carboxylic acids is 1. The van der Waals surface area contributed by atoms with E-state index in [-0.39, 0.29) is 0 Å². The third kappa shape index (κ3) is 9.26. The number of unbranched alkanes of at least 4 members (excludes halogenated alkanes) is 1. The van der Waals surface area contributed by atoms with E-state index in [1.54, 1.807) is 4.90 Å². The fourth-order valence-corrected chi connectivity index (χ4v) is 3.45. The lowest BCUT2D eigenvalue weighted by atomic mass is 10.0. The third-order valence-corrected chi connectivity index (χ3v) is 5.35. The largest absolute Gasteiger partial charge is 0.480 e. The Labute approximate surface area is 197 Å². The van der Waals surface area contributed by atoms with Crippen molar-refractivity contribution in [1.29, 1.82) is 0 Å². The maximum absolute atomic E-state index is 12.7. The Hall–Kier alpha value is -2.86. The van der Waals surface area contributed by atoms with Gasteiger partial charge in [0.15, 0.2) is 0 Å². The number of rotatable bonds is 11. The van der Waals surface area contributed by atoms with E-state index in [4.69, 9.17) is 15.6 Å². The first kappa shape index (κ1) is 26.4. The van der Waals surface area contributed by atoms with Crippen molar-refractivity contribution >= 4 is 12.1 Å². The van der Waals surface area contributed by atoms with Crippen molar-refractivity contribution in [1.82, 2.24) is 4.90 Å². The van der Waals surface area contributed by atoms with Gasteiger partial charge in [-0.1, -0.05) is 61.9 Å². The van der Waals surface area contributed by atoms with Crippen LogP contribution in [0, 0.1) is 0 Å². The quantitative estimate of drug-likeness (QED) is 0.459. The van der Waals surface area contributed by atoms with Crippen LogP contribution in [0.2, 0.25) is 0 Å². The summed E-state index contributed by atoms with van der Waals surface area (Å²) in [7, 11) is 0. The van der Waals surface area contributed by atoms with Crippen molar-refractivity contribution in [3.8, 4) is 11.1 Å². The standard InChI is InChI=1S/C27H38N2O4/c1-5-6-8-20-10-14-22(15-11-20)23-16-12-21(13-17-23)19-29(26(32)33-27(2,3)4)18-7-9-24(28)25(30)31/h10-17,24H,5-9,18-19,28H2,1-4H3,(H,30,31)/t24-/m0/s1. The predicted octanol–water partition coefficient (Wildman–Crippen LogP) is 5.63. The molecule has 1 atom stereocenters. The van der Waals surface area contributed by atoms with Crippen LogP contribution in [-0.4, -0.2) is 40.3 Å². The predicted molar refractivity (Wildman–Crippen MR) is 132 cm³/mol. The van der Waals surface area contributed by atoms with E-state index in [0.29, 0.717) is 25.9 Å². The third-order valence-electron chi connectivity index (χ3n) is 5.35. The number of carbonyl (C=O) groups excluding carboxylic acids is 1. The van der Waals surface area contributed by atoms with Crippen LogP contribution in [0.5, 0.6) is 0 Å². The summed E-state index contributed by atoms with van der Waals surface area (Å²) in [5.74, 6) is -1.03. The van der Waals surface area contributed by atoms with Crippen LogP contribution in [0.25, 0.3) is 11.1 Å². The van der Waals surface area contributed by atoms with E-state index < -0.39 is 23.7 Å². The number of amides is 1. The van der Waals surface area contributed by atoms with E-state index in [1.807, 2.05) is 32.9 Å². The molecule has 0 spiro atoms. The van der Waals surface area contributed by atoms with Gasteiger partial charge in [0.1, 0.15) is 11.6 Å². The Kier molecular flexibility index (Phi) is 9.92. The summed E-state index contributed by atoms with van der Waals surface area (Å²) < 4.78 is 5.55. The highest BCUT2D eigenvalue weighted by Gasteiger charge is 2.23. The Morgan fingerprint density at radius 1 is 0.970 bits per heavy atom. The van der Waals surface area contributed by atoms with Crippen molar-refractivity contribution in [3.63, 3.8) is 0 Å².